The lowest BCUT2D eigenvalue weighted by Crippen LogP contribution is -2.10. The fourth-order valence-electron chi connectivity index (χ4n) is 2.67. The number of hydrogen-bond acceptors (Lipinski definition) is 5. The van der Waals surface area contributed by atoms with E-state index in [0.29, 0.717) is 23.1 Å². The predicted molar refractivity (Wildman–Crippen MR) is 91.5 cm³/mol. The van der Waals surface area contributed by atoms with Crippen molar-refractivity contribution in [2.45, 2.75) is 12.6 Å². The zero-order chi connectivity index (χ0) is 17.9. The highest BCUT2D eigenvalue weighted by Gasteiger charge is 2.18. The van der Waals surface area contributed by atoms with Crippen LogP contribution >= 0.6 is 0 Å². The molecule has 7 heteroatoms. The Balaban J connectivity index is 1.56. The van der Waals surface area contributed by atoms with Crippen molar-refractivity contribution in [3.63, 3.8) is 0 Å². The number of aliphatic hydroxyl groups is 1. The van der Waals surface area contributed by atoms with E-state index in [9.17, 15) is 9.50 Å². The van der Waals surface area contributed by atoms with E-state index in [1.807, 2.05) is 30.3 Å². The molecule has 1 atom stereocenters. The summed E-state index contributed by atoms with van der Waals surface area (Å²) in [5, 5.41) is 14.5. The second-order valence-electron chi connectivity index (χ2n) is 5.75. The quantitative estimate of drug-likeness (QED) is 0.598. The van der Waals surface area contributed by atoms with Crippen LogP contribution in [-0.4, -0.2) is 24.8 Å². The van der Waals surface area contributed by atoms with Gasteiger partial charge in [-0.25, -0.2) is 9.37 Å². The molecule has 0 spiro atoms. The molecule has 4 rings (SSSR count). The number of aliphatic hydroxyl groups excluding tert-OH is 1. The minimum atomic E-state index is -0.856. The van der Waals surface area contributed by atoms with Crippen molar-refractivity contribution in [3.8, 4) is 11.4 Å². The molecule has 2 heterocycles. The average Bonchev–Trinajstić information content (AvgIpc) is 3.33. The molecule has 0 aliphatic heterocycles. The number of hydrogen-bond donors (Lipinski definition) is 1. The predicted octanol–water partition coefficient (Wildman–Crippen LogP) is 3.20. The zero-order valence-electron chi connectivity index (χ0n) is 13.7. The van der Waals surface area contributed by atoms with Gasteiger partial charge in [0.05, 0.1) is 0 Å². The molecule has 4 aromatic rings. The van der Waals surface area contributed by atoms with E-state index in [1.54, 1.807) is 29.1 Å². The van der Waals surface area contributed by atoms with E-state index in [-0.39, 0.29) is 12.4 Å². The molecular formula is C19H15FN4O2. The Kier molecular flexibility index (Phi) is 4.28. The van der Waals surface area contributed by atoms with Gasteiger partial charge in [0.25, 0.3) is 0 Å². The molecule has 0 aliphatic rings. The number of aromatic nitrogens is 4. The van der Waals surface area contributed by atoms with Crippen molar-refractivity contribution < 1.29 is 14.0 Å². The Morgan fingerprint density at radius 2 is 1.85 bits per heavy atom. The van der Waals surface area contributed by atoms with Crippen LogP contribution in [0.15, 0.2) is 71.5 Å². The SMILES string of the molecule is O[C@@H](c1ccccc1)c1nccn1Cc1nc(-c2ccc(F)cc2)no1. The van der Waals surface area contributed by atoms with Crippen molar-refractivity contribution in [3.05, 3.63) is 90.1 Å². The van der Waals surface area contributed by atoms with Crippen LogP contribution in [0, 0.1) is 5.82 Å². The maximum absolute atomic E-state index is 13.0. The van der Waals surface area contributed by atoms with Crippen LogP contribution in [-0.2, 0) is 6.54 Å². The highest BCUT2D eigenvalue weighted by Crippen LogP contribution is 2.21. The summed E-state index contributed by atoms with van der Waals surface area (Å²) in [6.45, 7) is 0.271. The highest BCUT2D eigenvalue weighted by molar-refractivity contribution is 5.53. The maximum atomic E-state index is 13.0. The van der Waals surface area contributed by atoms with E-state index >= 15 is 0 Å². The van der Waals surface area contributed by atoms with Gasteiger partial charge < -0.3 is 14.2 Å². The minimum absolute atomic E-state index is 0.271. The summed E-state index contributed by atoms with van der Waals surface area (Å²) in [7, 11) is 0. The molecule has 2 aromatic heterocycles. The smallest absolute Gasteiger partial charge is 0.246 e. The number of rotatable bonds is 5. The van der Waals surface area contributed by atoms with Gasteiger partial charge in [0.15, 0.2) is 0 Å². The first-order chi connectivity index (χ1) is 12.7. The van der Waals surface area contributed by atoms with Crippen LogP contribution in [0.2, 0.25) is 0 Å². The summed E-state index contributed by atoms with van der Waals surface area (Å²) in [6, 6.07) is 15.1. The summed E-state index contributed by atoms with van der Waals surface area (Å²) in [6.07, 6.45) is 2.49. The van der Waals surface area contributed by atoms with E-state index in [0.717, 1.165) is 5.56 Å². The van der Waals surface area contributed by atoms with E-state index in [4.69, 9.17) is 4.52 Å². The first-order valence-corrected chi connectivity index (χ1v) is 8.03. The van der Waals surface area contributed by atoms with Crippen molar-refractivity contribution in [1.29, 1.82) is 0 Å². The molecule has 6 nitrogen and oxygen atoms in total. The molecule has 0 amide bonds. The second-order valence-corrected chi connectivity index (χ2v) is 5.75. The van der Waals surface area contributed by atoms with Crippen molar-refractivity contribution in [2.24, 2.45) is 0 Å². The summed E-state index contributed by atoms with van der Waals surface area (Å²) < 4.78 is 20.0. The van der Waals surface area contributed by atoms with Gasteiger partial charge in [-0.3, -0.25) is 0 Å². The monoisotopic (exact) mass is 350 g/mol. The van der Waals surface area contributed by atoms with Gasteiger partial charge in [0.2, 0.25) is 11.7 Å². The summed E-state index contributed by atoms with van der Waals surface area (Å²) in [5.41, 5.74) is 1.41. The van der Waals surface area contributed by atoms with Gasteiger partial charge in [-0.1, -0.05) is 35.5 Å². The molecule has 1 N–H and O–H groups in total. The third-order valence-corrected chi connectivity index (χ3v) is 3.98. The topological polar surface area (TPSA) is 77.0 Å². The van der Waals surface area contributed by atoms with Crippen molar-refractivity contribution in [2.75, 3.05) is 0 Å². The molecule has 26 heavy (non-hydrogen) atoms. The van der Waals surface area contributed by atoms with E-state index in [1.165, 1.54) is 12.1 Å². The van der Waals surface area contributed by atoms with Crippen LogP contribution in [0.4, 0.5) is 4.39 Å². The molecule has 0 fully saturated rings. The first-order valence-electron chi connectivity index (χ1n) is 8.03. The number of benzene rings is 2. The Hall–Kier alpha value is -3.32. The maximum Gasteiger partial charge on any atom is 0.246 e. The number of imidazole rings is 1. The van der Waals surface area contributed by atoms with Gasteiger partial charge in [-0.05, 0) is 29.8 Å². The van der Waals surface area contributed by atoms with E-state index < -0.39 is 6.10 Å². The Morgan fingerprint density at radius 3 is 2.62 bits per heavy atom. The normalized spacial score (nSPS) is 12.2. The molecule has 0 bridgehead atoms. The molecule has 0 radical (unpaired) electrons. The lowest BCUT2D eigenvalue weighted by atomic mass is 10.1. The van der Waals surface area contributed by atoms with Crippen LogP contribution in [0.25, 0.3) is 11.4 Å². The lowest BCUT2D eigenvalue weighted by Gasteiger charge is -2.12. The van der Waals surface area contributed by atoms with Crippen molar-refractivity contribution >= 4 is 0 Å². The van der Waals surface area contributed by atoms with Crippen LogP contribution in [0.5, 0.6) is 0 Å². The third kappa shape index (κ3) is 3.25. The van der Waals surface area contributed by atoms with Crippen LogP contribution in [0.3, 0.4) is 0 Å². The molecule has 0 unspecified atom stereocenters. The third-order valence-electron chi connectivity index (χ3n) is 3.98. The molecule has 0 saturated heterocycles. The van der Waals surface area contributed by atoms with Gasteiger partial charge in [0.1, 0.15) is 24.3 Å². The lowest BCUT2D eigenvalue weighted by molar-refractivity contribution is 0.204. The Labute approximate surface area is 148 Å². The van der Waals surface area contributed by atoms with Gasteiger partial charge in [-0.2, -0.15) is 4.98 Å². The fourth-order valence-corrected chi connectivity index (χ4v) is 2.67. The molecule has 0 saturated carbocycles. The van der Waals surface area contributed by atoms with Gasteiger partial charge in [0, 0.05) is 18.0 Å². The van der Waals surface area contributed by atoms with E-state index in [2.05, 4.69) is 15.1 Å². The fraction of sp³-hybridized carbons (Fsp3) is 0.105. The highest BCUT2D eigenvalue weighted by atomic mass is 19.1. The summed E-state index contributed by atoms with van der Waals surface area (Å²) >= 11 is 0. The van der Waals surface area contributed by atoms with Gasteiger partial charge >= 0.3 is 0 Å². The Bertz CT molecular complexity index is 996. The average molecular weight is 350 g/mol. The van der Waals surface area contributed by atoms with Crippen LogP contribution < -0.4 is 0 Å². The molecule has 130 valence electrons. The first kappa shape index (κ1) is 16.2. The molecule has 0 aliphatic carbocycles. The zero-order valence-corrected chi connectivity index (χ0v) is 13.7. The largest absolute Gasteiger partial charge is 0.380 e. The standard InChI is InChI=1S/C19H15FN4O2/c20-15-8-6-14(7-9-15)18-22-16(26-23-18)12-24-11-10-21-19(24)17(25)13-4-2-1-3-5-13/h1-11,17,25H,12H2/t17-/m0/s1. The number of halogens is 1. The van der Waals surface area contributed by atoms with Crippen LogP contribution in [0.1, 0.15) is 23.4 Å². The minimum Gasteiger partial charge on any atom is -0.380 e. The second kappa shape index (κ2) is 6.89. The molecule has 2 aromatic carbocycles. The number of nitrogens with zero attached hydrogens (tertiary/aromatic N) is 4. The van der Waals surface area contributed by atoms with Crippen molar-refractivity contribution in [1.82, 2.24) is 19.7 Å². The Morgan fingerprint density at radius 1 is 1.08 bits per heavy atom. The van der Waals surface area contributed by atoms with Gasteiger partial charge in [-0.15, -0.1) is 0 Å². The molecular weight excluding hydrogens is 335 g/mol. The summed E-state index contributed by atoms with van der Waals surface area (Å²) in [4.78, 5) is 8.57. The summed E-state index contributed by atoms with van der Waals surface area (Å²) in [5.74, 6) is 0.905.